The van der Waals surface area contributed by atoms with Gasteiger partial charge in [-0.2, -0.15) is 0 Å². The van der Waals surface area contributed by atoms with Gasteiger partial charge in [0.2, 0.25) is 12.5 Å². The van der Waals surface area contributed by atoms with Crippen molar-refractivity contribution in [3.05, 3.63) is 87.0 Å². The van der Waals surface area contributed by atoms with Crippen LogP contribution >= 0.6 is 0 Å². The van der Waals surface area contributed by atoms with Gasteiger partial charge in [-0.1, -0.05) is 0 Å². The maximum atomic E-state index is 13.3. The summed E-state index contributed by atoms with van der Waals surface area (Å²) in [6.07, 6.45) is 1.90. The highest BCUT2D eigenvalue weighted by molar-refractivity contribution is 5.87. The van der Waals surface area contributed by atoms with Gasteiger partial charge in [0.25, 0.3) is 5.69 Å². The molecule has 12 heteroatoms. The smallest absolute Gasteiger partial charge is 0.331 e. The number of carbonyl (C=O) groups is 2. The molecular formula is C31H27NO11. The lowest BCUT2D eigenvalue weighted by molar-refractivity contribution is -0.384. The van der Waals surface area contributed by atoms with E-state index < -0.39 is 40.7 Å². The molecule has 0 aromatic heterocycles. The number of fused-ring (bicyclic) bond motifs is 3. The van der Waals surface area contributed by atoms with Gasteiger partial charge in [-0.25, -0.2) is 4.79 Å². The van der Waals surface area contributed by atoms with Crippen molar-refractivity contribution in [2.45, 2.75) is 12.0 Å². The van der Waals surface area contributed by atoms with Gasteiger partial charge in [-0.15, -0.1) is 0 Å². The summed E-state index contributed by atoms with van der Waals surface area (Å²) in [6, 6.07) is 12.9. The zero-order valence-corrected chi connectivity index (χ0v) is 23.4. The van der Waals surface area contributed by atoms with E-state index in [9.17, 15) is 19.7 Å². The molecule has 0 amide bonds. The van der Waals surface area contributed by atoms with E-state index in [1.165, 1.54) is 57.7 Å². The fourth-order valence-corrected chi connectivity index (χ4v) is 5.98. The predicted molar refractivity (Wildman–Crippen MR) is 149 cm³/mol. The van der Waals surface area contributed by atoms with Gasteiger partial charge in [0.05, 0.1) is 38.8 Å². The van der Waals surface area contributed by atoms with Crippen LogP contribution in [0.2, 0.25) is 0 Å². The van der Waals surface area contributed by atoms with Gasteiger partial charge in [-0.3, -0.25) is 14.9 Å². The van der Waals surface area contributed by atoms with Crippen LogP contribution in [0.1, 0.15) is 34.3 Å². The van der Waals surface area contributed by atoms with Crippen molar-refractivity contribution in [1.29, 1.82) is 0 Å². The van der Waals surface area contributed by atoms with Gasteiger partial charge in [0.15, 0.2) is 23.0 Å². The maximum Gasteiger partial charge on any atom is 0.331 e. The van der Waals surface area contributed by atoms with Crippen molar-refractivity contribution in [3.63, 3.8) is 0 Å². The van der Waals surface area contributed by atoms with Crippen molar-refractivity contribution in [1.82, 2.24) is 0 Å². The number of hydrogen-bond acceptors (Lipinski definition) is 11. The Bertz CT molecular complexity index is 1610. The third-order valence-electron chi connectivity index (χ3n) is 7.92. The molecule has 222 valence electrons. The number of rotatable bonds is 8. The van der Waals surface area contributed by atoms with Crippen LogP contribution in [0.5, 0.6) is 28.7 Å². The molecule has 2 aliphatic heterocycles. The van der Waals surface area contributed by atoms with Gasteiger partial charge < -0.3 is 33.2 Å². The van der Waals surface area contributed by atoms with Crippen LogP contribution in [-0.4, -0.2) is 51.6 Å². The highest BCUT2D eigenvalue weighted by Gasteiger charge is 2.54. The lowest BCUT2D eigenvalue weighted by atomic mass is 9.66. The predicted octanol–water partition coefficient (Wildman–Crippen LogP) is 4.58. The number of cyclic esters (lactones) is 1. The molecule has 1 aliphatic carbocycles. The fraction of sp³-hybridized carbons (Fsp3) is 0.290. The number of esters is 2. The third-order valence-corrected chi connectivity index (χ3v) is 7.92. The number of hydrogen-bond donors (Lipinski definition) is 0. The molecule has 3 aliphatic rings. The molecule has 6 rings (SSSR count). The number of non-ortho nitro benzene ring substituents is 1. The number of methoxy groups -OCH3 is 3. The normalized spacial score (nSPS) is 21.5. The molecule has 0 spiro atoms. The quantitative estimate of drug-likeness (QED) is 0.158. The second kappa shape index (κ2) is 11.2. The van der Waals surface area contributed by atoms with E-state index in [0.29, 0.717) is 51.0 Å². The summed E-state index contributed by atoms with van der Waals surface area (Å²) in [5, 5.41) is 10.9. The van der Waals surface area contributed by atoms with Gasteiger partial charge in [0, 0.05) is 35.6 Å². The summed E-state index contributed by atoms with van der Waals surface area (Å²) in [6.45, 7) is 0.0761. The largest absolute Gasteiger partial charge is 0.493 e. The molecule has 3 aromatic rings. The van der Waals surface area contributed by atoms with Crippen LogP contribution in [0.4, 0.5) is 5.69 Å². The van der Waals surface area contributed by atoms with Crippen molar-refractivity contribution >= 4 is 23.7 Å². The minimum Gasteiger partial charge on any atom is -0.493 e. The Morgan fingerprint density at radius 3 is 2.19 bits per heavy atom. The van der Waals surface area contributed by atoms with E-state index in [2.05, 4.69) is 0 Å². The number of benzene rings is 3. The molecule has 1 fully saturated rings. The van der Waals surface area contributed by atoms with Gasteiger partial charge >= 0.3 is 11.9 Å². The second-order valence-electron chi connectivity index (χ2n) is 10.1. The van der Waals surface area contributed by atoms with Crippen molar-refractivity contribution in [3.8, 4) is 28.7 Å². The van der Waals surface area contributed by atoms with Crippen LogP contribution in [-0.2, 0) is 19.1 Å². The number of nitrogens with zero attached hydrogens (tertiary/aromatic N) is 1. The summed E-state index contributed by atoms with van der Waals surface area (Å²) in [4.78, 5) is 36.9. The molecule has 0 unspecified atom stereocenters. The molecule has 0 bridgehead atoms. The monoisotopic (exact) mass is 589 g/mol. The first-order chi connectivity index (χ1) is 20.8. The van der Waals surface area contributed by atoms with Gasteiger partial charge in [0.1, 0.15) is 6.10 Å². The summed E-state index contributed by atoms with van der Waals surface area (Å²) < 4.78 is 39.6. The van der Waals surface area contributed by atoms with Crippen LogP contribution in [0.3, 0.4) is 0 Å². The number of carbonyl (C=O) groups excluding carboxylic acids is 2. The number of ether oxygens (including phenoxy) is 7. The zero-order chi connectivity index (χ0) is 30.2. The van der Waals surface area contributed by atoms with E-state index in [4.69, 9.17) is 33.2 Å². The van der Waals surface area contributed by atoms with Crippen molar-refractivity contribution in [2.24, 2.45) is 11.8 Å². The average Bonchev–Trinajstić information content (AvgIpc) is 3.64. The van der Waals surface area contributed by atoms with Crippen LogP contribution < -0.4 is 23.7 Å². The van der Waals surface area contributed by atoms with Crippen LogP contribution in [0.25, 0.3) is 6.08 Å². The molecule has 43 heavy (non-hydrogen) atoms. The first kappa shape index (κ1) is 27.9. The average molecular weight is 590 g/mol. The Morgan fingerprint density at radius 1 is 0.930 bits per heavy atom. The number of nitro groups is 1. The molecule has 1 saturated heterocycles. The van der Waals surface area contributed by atoms with Crippen molar-refractivity contribution < 1.29 is 47.7 Å². The Labute approximate surface area is 245 Å². The maximum absolute atomic E-state index is 13.3. The van der Waals surface area contributed by atoms with Crippen LogP contribution in [0, 0.1) is 22.0 Å². The minimum atomic E-state index is -0.840. The minimum absolute atomic E-state index is 0.0321. The van der Waals surface area contributed by atoms with Crippen LogP contribution in [0.15, 0.2) is 54.6 Å². The summed E-state index contributed by atoms with van der Waals surface area (Å²) in [5.41, 5.74) is 2.59. The molecule has 12 nitrogen and oxygen atoms in total. The second-order valence-corrected chi connectivity index (χ2v) is 10.1. The Kier molecular flexibility index (Phi) is 7.26. The van der Waals surface area contributed by atoms with E-state index in [0.717, 1.165) is 0 Å². The van der Waals surface area contributed by atoms with E-state index in [-0.39, 0.29) is 19.1 Å². The molecule has 4 atom stereocenters. The molecule has 3 aromatic carbocycles. The number of nitro benzene ring substituents is 1. The standard InChI is InChI=1S/C31H27NO11/c1-37-24-10-17(11-25(38-2)30(24)39-3)27-19-12-22-23(42-15-41-22)13-20(19)29(21-14-40-31(34)28(21)27)43-26(33)9-6-16-4-7-18(8-5-16)32(35)36/h4-13,21,27-29H,14-15H2,1-3H3/b9-6+/t21-,27+,28-,29+/m0/s1. The molecule has 0 N–H and O–H groups in total. The van der Waals surface area contributed by atoms with E-state index in [1.54, 1.807) is 24.3 Å². The third kappa shape index (κ3) is 4.94. The Hall–Kier alpha value is -5.26. The lowest BCUT2D eigenvalue weighted by Crippen LogP contribution is -2.36. The highest BCUT2D eigenvalue weighted by Crippen LogP contribution is 2.56. The first-order valence-electron chi connectivity index (χ1n) is 13.4. The first-order valence-corrected chi connectivity index (χ1v) is 13.4. The summed E-state index contributed by atoms with van der Waals surface area (Å²) >= 11 is 0. The molecular weight excluding hydrogens is 562 g/mol. The highest BCUT2D eigenvalue weighted by atomic mass is 16.7. The van der Waals surface area contributed by atoms with E-state index >= 15 is 0 Å². The Morgan fingerprint density at radius 2 is 1.58 bits per heavy atom. The fourth-order valence-electron chi connectivity index (χ4n) is 5.98. The summed E-state index contributed by atoms with van der Waals surface area (Å²) in [5.74, 6) is -0.563. The topological polar surface area (TPSA) is 142 Å². The molecule has 2 heterocycles. The van der Waals surface area contributed by atoms with Crippen molar-refractivity contribution in [2.75, 3.05) is 34.7 Å². The lowest BCUT2D eigenvalue weighted by Gasteiger charge is -2.38. The summed E-state index contributed by atoms with van der Waals surface area (Å²) in [7, 11) is 4.54. The SMILES string of the molecule is COc1cc([C@@H]2c3cc4c(cc3[C@@H](OC(=O)/C=C/c3ccc([N+](=O)[O-])cc3)[C@H]3COC(=O)[C@H]23)OCO4)cc(OC)c1OC. The van der Waals surface area contributed by atoms with Gasteiger partial charge in [-0.05, 0) is 59.2 Å². The molecule has 0 radical (unpaired) electrons. The molecule has 0 saturated carbocycles. The van der Waals surface area contributed by atoms with E-state index in [1.807, 2.05) is 0 Å². The Balaban J connectivity index is 1.41. The zero-order valence-electron chi connectivity index (χ0n) is 23.4.